The number of nitrogens with two attached hydrogens (primary N) is 2. The van der Waals surface area contributed by atoms with E-state index in [0.29, 0.717) is 17.9 Å². The number of aryl methyl sites for hydroxylation is 1. The molecule has 0 saturated heterocycles. The van der Waals surface area contributed by atoms with E-state index in [1.807, 2.05) is 6.92 Å². The number of nitrogens with zero attached hydrogens (tertiary/aromatic N) is 1. The molecule has 0 saturated carbocycles. The van der Waals surface area contributed by atoms with Crippen LogP contribution in [0.1, 0.15) is 23.8 Å². The lowest BCUT2D eigenvalue weighted by Gasteiger charge is -2.08. The molecular formula is C10H18N4O3S. The summed E-state index contributed by atoms with van der Waals surface area (Å²) in [6.07, 6.45) is 2.55. The van der Waals surface area contributed by atoms with Gasteiger partial charge in [0.1, 0.15) is 5.69 Å². The molecule has 1 heterocycles. The van der Waals surface area contributed by atoms with Crippen molar-refractivity contribution in [2.24, 2.45) is 5.14 Å². The topological polar surface area (TPSA) is 120 Å². The summed E-state index contributed by atoms with van der Waals surface area (Å²) in [5.41, 5.74) is 6.55. The van der Waals surface area contributed by atoms with Crippen LogP contribution in [0.15, 0.2) is 12.3 Å². The lowest BCUT2D eigenvalue weighted by molar-refractivity contribution is 0.0947. The highest BCUT2D eigenvalue weighted by atomic mass is 32.2. The van der Waals surface area contributed by atoms with Crippen LogP contribution >= 0.6 is 0 Å². The average molecular weight is 274 g/mol. The Morgan fingerprint density at radius 3 is 2.72 bits per heavy atom. The van der Waals surface area contributed by atoms with Crippen molar-refractivity contribution in [3.8, 4) is 0 Å². The largest absolute Gasteiger partial charge is 0.397 e. The predicted molar refractivity (Wildman–Crippen MR) is 69.4 cm³/mol. The molecule has 0 unspecified atom stereocenters. The van der Waals surface area contributed by atoms with Crippen LogP contribution in [0.5, 0.6) is 0 Å². The number of nitrogen functional groups attached to an aromatic ring is 1. The number of hydrogen-bond donors (Lipinski definition) is 3. The second-order valence-corrected chi connectivity index (χ2v) is 5.71. The van der Waals surface area contributed by atoms with Gasteiger partial charge < -0.3 is 15.6 Å². The molecule has 1 aromatic rings. The van der Waals surface area contributed by atoms with Crippen molar-refractivity contribution >= 4 is 21.6 Å². The summed E-state index contributed by atoms with van der Waals surface area (Å²) in [5.74, 6) is -0.647. The van der Waals surface area contributed by atoms with E-state index < -0.39 is 10.0 Å². The Labute approximate surface area is 106 Å². The van der Waals surface area contributed by atoms with E-state index in [4.69, 9.17) is 10.9 Å². The molecule has 102 valence electrons. The van der Waals surface area contributed by atoms with Crippen LogP contribution in [0.4, 0.5) is 5.69 Å². The van der Waals surface area contributed by atoms with Crippen molar-refractivity contribution < 1.29 is 13.2 Å². The average Bonchev–Trinajstić information content (AvgIpc) is 2.58. The molecule has 0 aliphatic rings. The van der Waals surface area contributed by atoms with Crippen molar-refractivity contribution in [3.63, 3.8) is 0 Å². The van der Waals surface area contributed by atoms with E-state index in [1.54, 1.807) is 16.8 Å². The molecule has 5 N–H and O–H groups in total. The summed E-state index contributed by atoms with van der Waals surface area (Å²) >= 11 is 0. The Hall–Kier alpha value is -1.54. The molecule has 0 radical (unpaired) electrons. The van der Waals surface area contributed by atoms with Gasteiger partial charge >= 0.3 is 0 Å². The van der Waals surface area contributed by atoms with Gasteiger partial charge in [0.2, 0.25) is 10.0 Å². The maximum atomic E-state index is 11.8. The highest BCUT2D eigenvalue weighted by Crippen LogP contribution is 2.11. The standard InChI is InChI=1S/C10H18N4O3S/c1-2-4-14-7-8(11)6-9(14)10(15)13-3-5-18(12,16)17/h6-7H,2-5,11H2,1H3,(H,13,15)(H2,12,16,17). The van der Waals surface area contributed by atoms with Crippen molar-refractivity contribution in [2.45, 2.75) is 19.9 Å². The lowest BCUT2D eigenvalue weighted by atomic mass is 10.3. The van der Waals surface area contributed by atoms with Gasteiger partial charge in [-0.25, -0.2) is 13.6 Å². The first-order chi connectivity index (χ1) is 8.33. The Bertz CT molecular complexity index is 521. The van der Waals surface area contributed by atoms with E-state index in [-0.39, 0.29) is 18.2 Å². The molecule has 1 amide bonds. The van der Waals surface area contributed by atoms with Crippen LogP contribution in [0.2, 0.25) is 0 Å². The molecule has 1 rings (SSSR count). The summed E-state index contributed by atoms with van der Waals surface area (Å²) in [6.45, 7) is 2.64. The minimum Gasteiger partial charge on any atom is -0.397 e. The van der Waals surface area contributed by atoms with E-state index in [9.17, 15) is 13.2 Å². The second-order valence-electron chi connectivity index (χ2n) is 3.97. The smallest absolute Gasteiger partial charge is 0.268 e. The van der Waals surface area contributed by atoms with Crippen molar-refractivity contribution in [1.29, 1.82) is 0 Å². The normalized spacial score (nSPS) is 11.4. The molecule has 0 bridgehead atoms. The number of hydrogen-bond acceptors (Lipinski definition) is 4. The fraction of sp³-hybridized carbons (Fsp3) is 0.500. The molecule has 0 fully saturated rings. The zero-order chi connectivity index (χ0) is 13.8. The third-order valence-electron chi connectivity index (χ3n) is 2.29. The first-order valence-electron chi connectivity index (χ1n) is 5.58. The van der Waals surface area contributed by atoms with Crippen LogP contribution in [0.25, 0.3) is 0 Å². The molecule has 0 atom stereocenters. The maximum absolute atomic E-state index is 11.8. The van der Waals surface area contributed by atoms with Gasteiger partial charge in [0.15, 0.2) is 0 Å². The van der Waals surface area contributed by atoms with Crippen LogP contribution in [-0.4, -0.2) is 31.2 Å². The molecule has 18 heavy (non-hydrogen) atoms. The fourth-order valence-corrected chi connectivity index (χ4v) is 1.93. The van der Waals surface area contributed by atoms with E-state index in [1.165, 1.54) is 0 Å². The van der Waals surface area contributed by atoms with Crippen molar-refractivity contribution in [2.75, 3.05) is 18.0 Å². The van der Waals surface area contributed by atoms with Crippen LogP contribution in [0.3, 0.4) is 0 Å². The fourth-order valence-electron chi connectivity index (χ4n) is 1.55. The Balaban J connectivity index is 2.66. The number of carbonyl (C=O) groups is 1. The van der Waals surface area contributed by atoms with Crippen LogP contribution < -0.4 is 16.2 Å². The molecular weight excluding hydrogens is 256 g/mol. The number of primary sulfonamides is 1. The third kappa shape index (κ3) is 4.38. The van der Waals surface area contributed by atoms with Crippen molar-refractivity contribution in [3.05, 3.63) is 18.0 Å². The number of rotatable bonds is 6. The minimum absolute atomic E-state index is 0.0190. The second kappa shape index (κ2) is 5.87. The monoisotopic (exact) mass is 274 g/mol. The Morgan fingerprint density at radius 2 is 2.17 bits per heavy atom. The highest BCUT2D eigenvalue weighted by Gasteiger charge is 2.13. The number of carbonyl (C=O) groups excluding carboxylic acids is 1. The summed E-state index contributed by atoms with van der Waals surface area (Å²) in [6, 6.07) is 1.56. The first-order valence-corrected chi connectivity index (χ1v) is 7.29. The quantitative estimate of drug-likeness (QED) is 0.647. The van der Waals surface area contributed by atoms with Gasteiger partial charge in [-0.15, -0.1) is 0 Å². The molecule has 1 aromatic heterocycles. The van der Waals surface area contributed by atoms with Crippen molar-refractivity contribution in [1.82, 2.24) is 9.88 Å². The molecule has 0 aliphatic heterocycles. The SMILES string of the molecule is CCCn1cc(N)cc1C(=O)NCCS(N)(=O)=O. The third-order valence-corrected chi connectivity index (χ3v) is 3.06. The lowest BCUT2D eigenvalue weighted by Crippen LogP contribution is -2.32. The number of sulfonamides is 1. The summed E-state index contributed by atoms with van der Waals surface area (Å²) in [4.78, 5) is 11.8. The van der Waals surface area contributed by atoms with Crippen LogP contribution in [-0.2, 0) is 16.6 Å². The minimum atomic E-state index is -3.56. The van der Waals surface area contributed by atoms with E-state index >= 15 is 0 Å². The number of anilines is 1. The molecule has 7 nitrogen and oxygen atoms in total. The summed E-state index contributed by atoms with van der Waals surface area (Å²) in [7, 11) is -3.56. The van der Waals surface area contributed by atoms with Gasteiger partial charge in [0, 0.05) is 19.3 Å². The van der Waals surface area contributed by atoms with Gasteiger partial charge in [-0.2, -0.15) is 0 Å². The molecule has 0 spiro atoms. The van der Waals surface area contributed by atoms with Gasteiger partial charge in [-0.05, 0) is 12.5 Å². The molecule has 0 aromatic carbocycles. The zero-order valence-electron chi connectivity index (χ0n) is 10.2. The van der Waals surface area contributed by atoms with Crippen LogP contribution in [0, 0.1) is 0 Å². The maximum Gasteiger partial charge on any atom is 0.268 e. The molecule has 0 aliphatic carbocycles. The number of aromatic nitrogens is 1. The van der Waals surface area contributed by atoms with E-state index in [0.717, 1.165) is 6.42 Å². The predicted octanol–water partition coefficient (Wildman–Crippen LogP) is -0.501. The highest BCUT2D eigenvalue weighted by molar-refractivity contribution is 7.89. The van der Waals surface area contributed by atoms with E-state index in [2.05, 4.69) is 5.32 Å². The number of nitrogens with one attached hydrogen (secondary N) is 1. The van der Waals surface area contributed by atoms with Gasteiger partial charge in [-0.1, -0.05) is 6.92 Å². The number of amides is 1. The first kappa shape index (κ1) is 14.5. The zero-order valence-corrected chi connectivity index (χ0v) is 11.0. The van der Waals surface area contributed by atoms with Gasteiger partial charge in [0.05, 0.1) is 11.4 Å². The Morgan fingerprint density at radius 1 is 1.50 bits per heavy atom. The van der Waals surface area contributed by atoms with Gasteiger partial charge in [0.25, 0.3) is 5.91 Å². The Kier molecular flexibility index (Phi) is 4.74. The van der Waals surface area contributed by atoms with Gasteiger partial charge in [-0.3, -0.25) is 4.79 Å². The summed E-state index contributed by atoms with van der Waals surface area (Å²) < 4.78 is 23.2. The molecule has 8 heteroatoms. The summed E-state index contributed by atoms with van der Waals surface area (Å²) in [5, 5.41) is 7.33.